The van der Waals surface area contributed by atoms with Crippen molar-refractivity contribution < 1.29 is 0 Å². The molecule has 0 radical (unpaired) electrons. The average Bonchev–Trinajstić information content (AvgIpc) is 2.87. The van der Waals surface area contributed by atoms with Gasteiger partial charge in [0.2, 0.25) is 0 Å². The minimum Gasteiger partial charge on any atom is -0.398 e. The molecule has 0 atom stereocenters. The van der Waals surface area contributed by atoms with E-state index < -0.39 is 0 Å². The third-order valence-corrected chi connectivity index (χ3v) is 4.36. The normalized spacial score (nSPS) is 12.0. The second-order valence-corrected chi connectivity index (χ2v) is 5.76. The van der Waals surface area contributed by atoms with Crippen molar-refractivity contribution in [2.45, 2.75) is 13.3 Å². The first kappa shape index (κ1) is 12.2. The van der Waals surface area contributed by atoms with Gasteiger partial charge in [-0.15, -0.1) is 0 Å². The Kier molecular flexibility index (Phi) is 2.61. The van der Waals surface area contributed by atoms with Gasteiger partial charge < -0.3 is 5.73 Å². The van der Waals surface area contributed by atoms with Gasteiger partial charge in [-0.1, -0.05) is 60.2 Å². The standard InChI is InChI=1S/C20H17N/c1-13-6-8-14(9-7-13)20-18-12-15-4-2-3-5-16(15)17(18)10-11-19(20)21/h2-11H,12,21H2,1H3. The Morgan fingerprint density at radius 1 is 0.810 bits per heavy atom. The highest BCUT2D eigenvalue weighted by molar-refractivity contribution is 5.90. The van der Waals surface area contributed by atoms with Crippen LogP contribution >= 0.6 is 0 Å². The maximum atomic E-state index is 6.30. The van der Waals surface area contributed by atoms with Crippen LogP contribution in [-0.4, -0.2) is 0 Å². The molecule has 1 heteroatoms. The zero-order valence-corrected chi connectivity index (χ0v) is 12.1. The highest BCUT2D eigenvalue weighted by atomic mass is 14.6. The van der Waals surface area contributed by atoms with Gasteiger partial charge in [0.1, 0.15) is 0 Å². The third-order valence-electron chi connectivity index (χ3n) is 4.36. The number of hydrogen-bond acceptors (Lipinski definition) is 1. The number of anilines is 1. The monoisotopic (exact) mass is 271 g/mol. The lowest BCUT2D eigenvalue weighted by molar-refractivity contribution is 1.26. The lowest BCUT2D eigenvalue weighted by atomic mass is 9.93. The Morgan fingerprint density at radius 2 is 1.57 bits per heavy atom. The molecule has 1 aliphatic carbocycles. The maximum Gasteiger partial charge on any atom is 0.0397 e. The molecule has 2 N–H and O–H groups in total. The summed E-state index contributed by atoms with van der Waals surface area (Å²) in [6.07, 6.45) is 0.972. The number of aryl methyl sites for hydroxylation is 1. The summed E-state index contributed by atoms with van der Waals surface area (Å²) in [6.45, 7) is 2.11. The molecule has 0 spiro atoms. The summed E-state index contributed by atoms with van der Waals surface area (Å²) in [4.78, 5) is 0. The fourth-order valence-corrected chi connectivity index (χ4v) is 3.29. The van der Waals surface area contributed by atoms with Gasteiger partial charge in [0.05, 0.1) is 0 Å². The summed E-state index contributed by atoms with van der Waals surface area (Å²) in [5.41, 5.74) is 16.3. The fraction of sp³-hybridized carbons (Fsp3) is 0.100. The summed E-state index contributed by atoms with van der Waals surface area (Å²) < 4.78 is 0. The maximum absolute atomic E-state index is 6.30. The highest BCUT2D eigenvalue weighted by Gasteiger charge is 2.22. The molecule has 4 rings (SSSR count). The number of nitrogen functional groups attached to an aromatic ring is 1. The van der Waals surface area contributed by atoms with Crippen LogP contribution in [0.1, 0.15) is 16.7 Å². The van der Waals surface area contributed by atoms with E-state index in [9.17, 15) is 0 Å². The molecule has 0 saturated heterocycles. The zero-order chi connectivity index (χ0) is 14.4. The first-order valence-electron chi connectivity index (χ1n) is 7.31. The SMILES string of the molecule is Cc1ccc(-c2c(N)ccc3c2Cc2ccccc2-3)cc1. The van der Waals surface area contributed by atoms with Gasteiger partial charge in [-0.05, 0) is 47.2 Å². The molecule has 21 heavy (non-hydrogen) atoms. The average molecular weight is 271 g/mol. The van der Waals surface area contributed by atoms with Gasteiger partial charge in [0, 0.05) is 11.3 Å². The zero-order valence-electron chi connectivity index (χ0n) is 12.1. The number of benzene rings is 3. The van der Waals surface area contributed by atoms with Crippen LogP contribution in [-0.2, 0) is 6.42 Å². The topological polar surface area (TPSA) is 26.0 Å². The van der Waals surface area contributed by atoms with Crippen LogP contribution in [0.5, 0.6) is 0 Å². The van der Waals surface area contributed by atoms with E-state index in [0.29, 0.717) is 0 Å². The summed E-state index contributed by atoms with van der Waals surface area (Å²) in [5, 5.41) is 0. The minimum atomic E-state index is 0.866. The molecule has 0 heterocycles. The summed E-state index contributed by atoms with van der Waals surface area (Å²) >= 11 is 0. The molecule has 0 aromatic heterocycles. The van der Waals surface area contributed by atoms with Crippen LogP contribution in [0.15, 0.2) is 60.7 Å². The second kappa shape index (κ2) is 4.49. The summed E-state index contributed by atoms with van der Waals surface area (Å²) in [7, 11) is 0. The summed E-state index contributed by atoms with van der Waals surface area (Å²) in [5.74, 6) is 0. The molecular weight excluding hydrogens is 254 g/mol. The van der Waals surface area contributed by atoms with Gasteiger partial charge in [-0.25, -0.2) is 0 Å². The van der Waals surface area contributed by atoms with Gasteiger partial charge in [-0.3, -0.25) is 0 Å². The first-order valence-corrected chi connectivity index (χ1v) is 7.31. The molecule has 102 valence electrons. The quantitative estimate of drug-likeness (QED) is 0.494. The number of hydrogen-bond donors (Lipinski definition) is 1. The molecule has 0 amide bonds. The van der Waals surface area contributed by atoms with Gasteiger partial charge in [0.15, 0.2) is 0 Å². The van der Waals surface area contributed by atoms with E-state index in [2.05, 4.69) is 61.5 Å². The molecule has 1 nitrogen and oxygen atoms in total. The Bertz CT molecular complexity index is 829. The van der Waals surface area contributed by atoms with Crippen LogP contribution in [0, 0.1) is 6.92 Å². The van der Waals surface area contributed by atoms with Crippen LogP contribution in [0.3, 0.4) is 0 Å². The molecule has 0 saturated carbocycles. The van der Waals surface area contributed by atoms with E-state index in [1.807, 2.05) is 6.07 Å². The second-order valence-electron chi connectivity index (χ2n) is 5.76. The molecular formula is C20H17N. The van der Waals surface area contributed by atoms with Crippen molar-refractivity contribution in [3.63, 3.8) is 0 Å². The molecule has 0 unspecified atom stereocenters. The van der Waals surface area contributed by atoms with Crippen molar-refractivity contribution in [2.24, 2.45) is 0 Å². The Labute approximate surface area is 125 Å². The van der Waals surface area contributed by atoms with Gasteiger partial charge in [-0.2, -0.15) is 0 Å². The van der Waals surface area contributed by atoms with Gasteiger partial charge in [0.25, 0.3) is 0 Å². The van der Waals surface area contributed by atoms with Crippen molar-refractivity contribution in [3.05, 3.63) is 77.4 Å². The van der Waals surface area contributed by atoms with Crippen molar-refractivity contribution in [1.82, 2.24) is 0 Å². The molecule has 3 aromatic rings. The lowest BCUT2D eigenvalue weighted by Crippen LogP contribution is -1.95. The largest absolute Gasteiger partial charge is 0.398 e. The van der Waals surface area contributed by atoms with Crippen molar-refractivity contribution >= 4 is 5.69 Å². The Morgan fingerprint density at radius 3 is 2.38 bits per heavy atom. The predicted octanol–water partition coefficient (Wildman–Crippen LogP) is 4.82. The Balaban J connectivity index is 1.96. The van der Waals surface area contributed by atoms with E-state index in [-0.39, 0.29) is 0 Å². The lowest BCUT2D eigenvalue weighted by Gasteiger charge is -2.12. The van der Waals surface area contributed by atoms with Crippen molar-refractivity contribution in [3.8, 4) is 22.3 Å². The highest BCUT2D eigenvalue weighted by Crippen LogP contribution is 2.43. The van der Waals surface area contributed by atoms with Gasteiger partial charge >= 0.3 is 0 Å². The van der Waals surface area contributed by atoms with Crippen LogP contribution in [0.25, 0.3) is 22.3 Å². The van der Waals surface area contributed by atoms with E-state index in [1.54, 1.807) is 0 Å². The predicted molar refractivity (Wildman–Crippen MR) is 89.3 cm³/mol. The number of fused-ring (bicyclic) bond motifs is 3. The molecule has 0 bridgehead atoms. The van der Waals surface area contributed by atoms with E-state index in [1.165, 1.54) is 38.9 Å². The molecule has 0 aliphatic heterocycles. The van der Waals surface area contributed by atoms with E-state index in [4.69, 9.17) is 5.73 Å². The Hall–Kier alpha value is -2.54. The fourth-order valence-electron chi connectivity index (χ4n) is 3.29. The van der Waals surface area contributed by atoms with Crippen LogP contribution in [0.2, 0.25) is 0 Å². The van der Waals surface area contributed by atoms with E-state index >= 15 is 0 Å². The number of rotatable bonds is 1. The molecule has 1 aliphatic rings. The molecule has 3 aromatic carbocycles. The van der Waals surface area contributed by atoms with E-state index in [0.717, 1.165) is 12.1 Å². The summed E-state index contributed by atoms with van der Waals surface area (Å²) in [6, 6.07) is 21.5. The van der Waals surface area contributed by atoms with Crippen LogP contribution < -0.4 is 5.73 Å². The van der Waals surface area contributed by atoms with Crippen molar-refractivity contribution in [1.29, 1.82) is 0 Å². The first-order chi connectivity index (χ1) is 10.2. The smallest absolute Gasteiger partial charge is 0.0397 e. The van der Waals surface area contributed by atoms with Crippen LogP contribution in [0.4, 0.5) is 5.69 Å². The third kappa shape index (κ3) is 1.85. The number of nitrogens with two attached hydrogens (primary N) is 1. The van der Waals surface area contributed by atoms with Crippen molar-refractivity contribution in [2.75, 3.05) is 5.73 Å². The molecule has 0 fully saturated rings. The minimum absolute atomic E-state index is 0.866.